The highest BCUT2D eigenvalue weighted by atomic mass is 32.2. The van der Waals surface area contributed by atoms with Crippen LogP contribution in [0.4, 0.5) is 10.8 Å². The van der Waals surface area contributed by atoms with Crippen LogP contribution < -0.4 is 5.32 Å². The summed E-state index contributed by atoms with van der Waals surface area (Å²) in [4.78, 5) is 4.70. The monoisotopic (exact) mass is 383 g/mol. The minimum Gasteiger partial charge on any atom is -0.331 e. The topological polar surface area (TPSA) is 55.6 Å². The molecule has 2 heterocycles. The van der Waals surface area contributed by atoms with Crippen molar-refractivity contribution < 1.29 is 0 Å². The van der Waals surface area contributed by atoms with E-state index in [4.69, 9.17) is 4.98 Å². The third kappa shape index (κ3) is 3.83. The van der Waals surface area contributed by atoms with E-state index in [9.17, 15) is 0 Å². The smallest absolute Gasteiger partial charge is 0.191 e. The lowest BCUT2D eigenvalue weighted by atomic mass is 10.2. The molecule has 0 spiro atoms. The van der Waals surface area contributed by atoms with Gasteiger partial charge in [-0.05, 0) is 31.4 Å². The van der Waals surface area contributed by atoms with Crippen molar-refractivity contribution in [2.75, 3.05) is 5.32 Å². The van der Waals surface area contributed by atoms with Crippen LogP contribution in [0, 0.1) is 6.92 Å². The highest BCUT2D eigenvalue weighted by Gasteiger charge is 2.30. The molecule has 0 bridgehead atoms. The van der Waals surface area contributed by atoms with Crippen molar-refractivity contribution >= 4 is 33.9 Å². The molecule has 0 radical (unpaired) electrons. The van der Waals surface area contributed by atoms with Gasteiger partial charge in [0.05, 0.1) is 5.69 Å². The first kappa shape index (κ1) is 17.3. The number of aryl methyl sites for hydroxylation is 1. The van der Waals surface area contributed by atoms with Crippen molar-refractivity contribution in [1.29, 1.82) is 0 Å². The summed E-state index contributed by atoms with van der Waals surface area (Å²) in [6, 6.07) is 8.24. The first-order valence-corrected chi connectivity index (χ1v) is 10.5. The Morgan fingerprint density at radius 2 is 2.19 bits per heavy atom. The molecule has 1 aliphatic carbocycles. The molecule has 0 atom stereocenters. The zero-order chi connectivity index (χ0) is 17.9. The Morgan fingerprint density at radius 3 is 2.96 bits per heavy atom. The summed E-state index contributed by atoms with van der Waals surface area (Å²) < 4.78 is 2.19. The van der Waals surface area contributed by atoms with Crippen molar-refractivity contribution in [2.24, 2.45) is 0 Å². The molecule has 26 heavy (non-hydrogen) atoms. The number of benzene rings is 1. The predicted molar refractivity (Wildman–Crippen MR) is 108 cm³/mol. The van der Waals surface area contributed by atoms with Gasteiger partial charge in [0, 0.05) is 29.3 Å². The minimum absolute atomic E-state index is 0.584. The molecule has 1 aromatic carbocycles. The van der Waals surface area contributed by atoms with Crippen LogP contribution in [0.25, 0.3) is 0 Å². The number of allylic oxidation sites excluding steroid dienone is 1. The molecule has 0 saturated heterocycles. The van der Waals surface area contributed by atoms with E-state index in [1.54, 1.807) is 23.1 Å². The molecule has 0 unspecified atom stereocenters. The van der Waals surface area contributed by atoms with Gasteiger partial charge in [-0.15, -0.1) is 28.1 Å². The molecule has 4 rings (SSSR count). The Balaban J connectivity index is 1.42. The van der Waals surface area contributed by atoms with Crippen molar-refractivity contribution in [2.45, 2.75) is 43.1 Å². The van der Waals surface area contributed by atoms with Gasteiger partial charge < -0.3 is 9.88 Å². The van der Waals surface area contributed by atoms with Gasteiger partial charge in [-0.2, -0.15) is 0 Å². The fourth-order valence-electron chi connectivity index (χ4n) is 2.75. The molecule has 1 saturated carbocycles. The van der Waals surface area contributed by atoms with Crippen LogP contribution in [-0.2, 0) is 12.3 Å². The average molecular weight is 384 g/mol. The zero-order valence-electron chi connectivity index (χ0n) is 14.7. The molecular formula is C19H21N5S2. The summed E-state index contributed by atoms with van der Waals surface area (Å²) in [5.74, 6) is 2.47. The van der Waals surface area contributed by atoms with Crippen LogP contribution in [0.2, 0.25) is 0 Å². The van der Waals surface area contributed by atoms with Gasteiger partial charge in [0.25, 0.3) is 0 Å². The number of thioether (sulfide) groups is 1. The summed E-state index contributed by atoms with van der Waals surface area (Å²) >= 11 is 3.32. The molecule has 3 aromatic rings. The lowest BCUT2D eigenvalue weighted by Gasteiger charge is -2.06. The molecule has 1 aliphatic rings. The lowest BCUT2D eigenvalue weighted by molar-refractivity contribution is 0.681. The number of rotatable bonds is 8. The molecule has 1 N–H and O–H groups in total. The Bertz CT molecular complexity index is 910. The average Bonchev–Trinajstić information content (AvgIpc) is 3.26. The summed E-state index contributed by atoms with van der Waals surface area (Å²) in [5, 5.41) is 16.2. The van der Waals surface area contributed by atoms with Crippen molar-refractivity contribution in [3.63, 3.8) is 0 Å². The maximum atomic E-state index is 4.70. The van der Waals surface area contributed by atoms with E-state index in [0.29, 0.717) is 5.92 Å². The number of para-hydroxylation sites is 1. The fourth-order valence-corrected chi connectivity index (χ4v) is 4.42. The van der Waals surface area contributed by atoms with Crippen LogP contribution in [0.5, 0.6) is 0 Å². The maximum absolute atomic E-state index is 4.70. The van der Waals surface area contributed by atoms with Crippen LogP contribution in [-0.4, -0.2) is 19.7 Å². The normalized spacial score (nSPS) is 13.7. The fraction of sp³-hybridized carbons (Fsp3) is 0.316. The molecule has 134 valence electrons. The summed E-state index contributed by atoms with van der Waals surface area (Å²) in [5.41, 5.74) is 3.36. The highest BCUT2D eigenvalue weighted by molar-refractivity contribution is 7.98. The van der Waals surface area contributed by atoms with Gasteiger partial charge in [-0.3, -0.25) is 0 Å². The van der Waals surface area contributed by atoms with E-state index < -0.39 is 0 Å². The van der Waals surface area contributed by atoms with E-state index in [1.165, 1.54) is 18.4 Å². The van der Waals surface area contributed by atoms with Crippen LogP contribution >= 0.6 is 23.1 Å². The van der Waals surface area contributed by atoms with E-state index in [0.717, 1.165) is 39.8 Å². The number of hydrogen-bond acceptors (Lipinski definition) is 6. The first-order valence-electron chi connectivity index (χ1n) is 8.68. The molecule has 5 nitrogen and oxygen atoms in total. The number of nitrogens with one attached hydrogen (secondary N) is 1. The molecular weight excluding hydrogens is 362 g/mol. The van der Waals surface area contributed by atoms with Crippen molar-refractivity contribution in [1.82, 2.24) is 19.7 Å². The minimum atomic E-state index is 0.584. The molecule has 1 fully saturated rings. The van der Waals surface area contributed by atoms with E-state index in [1.807, 2.05) is 18.2 Å². The SMILES string of the molecule is C=CCn1c(SCc2csc(Nc3ccccc3C)n2)nnc1C1CC1. The second-order valence-electron chi connectivity index (χ2n) is 6.39. The largest absolute Gasteiger partial charge is 0.331 e. The standard InChI is InChI=1S/C19H21N5S2/c1-3-10-24-17(14-8-9-14)22-23-19(24)26-12-15-11-25-18(20-15)21-16-7-5-4-6-13(16)2/h3-7,11,14H,1,8-10,12H2,2H3,(H,20,21). The van der Waals surface area contributed by atoms with Crippen LogP contribution in [0.3, 0.4) is 0 Å². The summed E-state index contributed by atoms with van der Waals surface area (Å²) in [6.45, 7) is 6.72. The molecule has 7 heteroatoms. The Hall–Kier alpha value is -2.12. The third-order valence-electron chi connectivity index (χ3n) is 4.29. The Labute approximate surface area is 161 Å². The van der Waals surface area contributed by atoms with Crippen molar-refractivity contribution in [3.05, 3.63) is 59.4 Å². The second kappa shape index (κ2) is 7.63. The number of nitrogens with zero attached hydrogens (tertiary/aromatic N) is 4. The Kier molecular flexibility index (Phi) is 5.08. The van der Waals surface area contributed by atoms with E-state index in [2.05, 4.69) is 51.1 Å². The number of anilines is 2. The van der Waals surface area contributed by atoms with Gasteiger partial charge in [0.1, 0.15) is 5.82 Å². The van der Waals surface area contributed by atoms with E-state index >= 15 is 0 Å². The zero-order valence-corrected chi connectivity index (χ0v) is 16.3. The van der Waals surface area contributed by atoms with Gasteiger partial charge in [-0.25, -0.2) is 4.98 Å². The number of aromatic nitrogens is 4. The highest BCUT2D eigenvalue weighted by Crippen LogP contribution is 2.40. The summed E-state index contributed by atoms with van der Waals surface area (Å²) in [6.07, 6.45) is 4.35. The van der Waals surface area contributed by atoms with Gasteiger partial charge >= 0.3 is 0 Å². The molecule has 2 aromatic heterocycles. The molecule has 0 aliphatic heterocycles. The number of hydrogen-bond donors (Lipinski definition) is 1. The van der Waals surface area contributed by atoms with Crippen LogP contribution in [0.1, 0.15) is 35.8 Å². The van der Waals surface area contributed by atoms with Crippen LogP contribution in [0.15, 0.2) is 47.5 Å². The van der Waals surface area contributed by atoms with Crippen molar-refractivity contribution in [3.8, 4) is 0 Å². The second-order valence-corrected chi connectivity index (χ2v) is 8.19. The van der Waals surface area contributed by atoms with Gasteiger partial charge in [0.15, 0.2) is 10.3 Å². The van der Waals surface area contributed by atoms with Gasteiger partial charge in [-0.1, -0.05) is 36.0 Å². The first-order chi connectivity index (χ1) is 12.7. The van der Waals surface area contributed by atoms with Gasteiger partial charge in [0.2, 0.25) is 0 Å². The quantitative estimate of drug-likeness (QED) is 0.431. The lowest BCUT2D eigenvalue weighted by Crippen LogP contribution is -2.02. The van der Waals surface area contributed by atoms with E-state index in [-0.39, 0.29) is 0 Å². The number of thiazole rings is 1. The predicted octanol–water partition coefficient (Wildman–Crippen LogP) is 5.14. The summed E-state index contributed by atoms with van der Waals surface area (Å²) in [7, 11) is 0. The maximum Gasteiger partial charge on any atom is 0.191 e. The molecule has 0 amide bonds. The third-order valence-corrected chi connectivity index (χ3v) is 6.09. The Morgan fingerprint density at radius 1 is 1.35 bits per heavy atom.